The predicted molar refractivity (Wildman–Crippen MR) is 149 cm³/mol. The third-order valence-electron chi connectivity index (χ3n) is 7.00. The van der Waals surface area contributed by atoms with Crippen LogP contribution in [0, 0.1) is 11.8 Å². The van der Waals surface area contributed by atoms with Crippen molar-refractivity contribution in [2.45, 2.75) is 37.7 Å². The second kappa shape index (κ2) is 11.9. The predicted octanol–water partition coefficient (Wildman–Crippen LogP) is 6.33. The Morgan fingerprint density at radius 1 is 0.895 bits per heavy atom. The normalized spacial score (nSPS) is 17.2. The maximum absolute atomic E-state index is 13.6. The van der Waals surface area contributed by atoms with Crippen LogP contribution in [-0.2, 0) is 11.2 Å². The minimum Gasteiger partial charge on any atom is -0.480 e. The number of nitrogens with zero attached hydrogens (tertiary/aromatic N) is 1. The van der Waals surface area contributed by atoms with E-state index in [4.69, 9.17) is 9.47 Å². The van der Waals surface area contributed by atoms with Gasteiger partial charge in [-0.25, -0.2) is 4.79 Å². The van der Waals surface area contributed by atoms with E-state index in [-0.39, 0.29) is 23.4 Å². The monoisotopic (exact) mass is 531 g/mol. The fourth-order valence-electron chi connectivity index (χ4n) is 4.51. The van der Waals surface area contributed by atoms with E-state index < -0.39 is 11.7 Å². The highest BCUT2D eigenvalue weighted by Gasteiger charge is 2.40. The van der Waals surface area contributed by atoms with Crippen LogP contribution >= 0.6 is 11.8 Å². The largest absolute Gasteiger partial charge is 0.480 e. The lowest BCUT2D eigenvalue weighted by Crippen LogP contribution is -2.36. The first-order valence-electron chi connectivity index (χ1n) is 12.7. The average molecular weight is 532 g/mol. The van der Waals surface area contributed by atoms with Crippen LogP contribution in [0.15, 0.2) is 83.8 Å². The first kappa shape index (κ1) is 27.5. The van der Waals surface area contributed by atoms with Crippen molar-refractivity contribution in [3.05, 3.63) is 90.0 Å². The van der Waals surface area contributed by atoms with E-state index in [1.165, 1.54) is 6.92 Å². The Morgan fingerprint density at radius 2 is 1.55 bits per heavy atom. The van der Waals surface area contributed by atoms with Gasteiger partial charge >= 0.3 is 6.09 Å². The molecule has 1 aliphatic heterocycles. The zero-order valence-electron chi connectivity index (χ0n) is 22.2. The van der Waals surface area contributed by atoms with Gasteiger partial charge in [-0.15, -0.1) is 11.8 Å². The van der Waals surface area contributed by atoms with Crippen LogP contribution in [0.25, 0.3) is 0 Å². The van der Waals surface area contributed by atoms with E-state index in [1.54, 1.807) is 42.6 Å². The highest BCUT2D eigenvalue weighted by Crippen LogP contribution is 2.32. The summed E-state index contributed by atoms with van der Waals surface area (Å²) in [7, 11) is 0. The number of benzene rings is 3. The number of amides is 1. The first-order chi connectivity index (χ1) is 18.2. The molecule has 0 saturated carbocycles. The molecule has 38 heavy (non-hydrogen) atoms. The number of rotatable bonds is 9. The smallest absolute Gasteiger partial charge is 0.415 e. The SMILES string of the molecule is CSc1ccc(C(=O)[C@@H]2CN(C(=O)Oc3ccccc3)C[C@H]2Cc2ccc(OC(C)(C)C(C)=O)cc2)cc1. The van der Waals surface area contributed by atoms with Gasteiger partial charge in [-0.1, -0.05) is 42.5 Å². The Kier molecular flexibility index (Phi) is 8.57. The van der Waals surface area contributed by atoms with Crippen LogP contribution < -0.4 is 9.47 Å². The molecule has 1 amide bonds. The van der Waals surface area contributed by atoms with Crippen molar-refractivity contribution >= 4 is 29.4 Å². The summed E-state index contributed by atoms with van der Waals surface area (Å²) >= 11 is 1.63. The van der Waals surface area contributed by atoms with Crippen molar-refractivity contribution in [1.29, 1.82) is 0 Å². The Morgan fingerprint density at radius 3 is 2.16 bits per heavy atom. The molecule has 6 nitrogen and oxygen atoms in total. The second-order valence-corrected chi connectivity index (χ2v) is 10.9. The molecule has 4 rings (SSSR count). The summed E-state index contributed by atoms with van der Waals surface area (Å²) < 4.78 is 11.4. The number of carbonyl (C=O) groups excluding carboxylic acids is 3. The molecule has 2 atom stereocenters. The summed E-state index contributed by atoms with van der Waals surface area (Å²) in [6.07, 6.45) is 2.16. The number of Topliss-reactive ketones (excluding diaryl/α,β-unsaturated/α-hetero) is 2. The van der Waals surface area contributed by atoms with Gasteiger partial charge in [0.25, 0.3) is 0 Å². The number of hydrogen-bond donors (Lipinski definition) is 0. The molecule has 1 fully saturated rings. The quantitative estimate of drug-likeness (QED) is 0.237. The van der Waals surface area contributed by atoms with Crippen molar-refractivity contribution in [2.75, 3.05) is 19.3 Å². The van der Waals surface area contributed by atoms with Crippen molar-refractivity contribution in [3.63, 3.8) is 0 Å². The van der Waals surface area contributed by atoms with Crippen LogP contribution in [-0.4, -0.2) is 47.5 Å². The van der Waals surface area contributed by atoms with Crippen molar-refractivity contribution in [3.8, 4) is 11.5 Å². The molecular formula is C31H33NO5S. The summed E-state index contributed by atoms with van der Waals surface area (Å²) in [6, 6.07) is 24.1. The van der Waals surface area contributed by atoms with Crippen LogP contribution in [0.5, 0.6) is 11.5 Å². The van der Waals surface area contributed by atoms with E-state index in [0.717, 1.165) is 10.5 Å². The molecule has 0 unspecified atom stereocenters. The molecule has 7 heteroatoms. The number of carbonyl (C=O) groups is 3. The van der Waals surface area contributed by atoms with E-state index in [2.05, 4.69) is 0 Å². The fourth-order valence-corrected chi connectivity index (χ4v) is 4.92. The van der Waals surface area contributed by atoms with E-state index in [0.29, 0.717) is 36.6 Å². The van der Waals surface area contributed by atoms with Crippen LogP contribution in [0.3, 0.4) is 0 Å². The third-order valence-corrected chi connectivity index (χ3v) is 7.74. The maximum atomic E-state index is 13.6. The van der Waals surface area contributed by atoms with Gasteiger partial charge in [-0.3, -0.25) is 9.59 Å². The Bertz CT molecular complexity index is 1270. The zero-order valence-corrected chi connectivity index (χ0v) is 23.0. The number of thioether (sulfide) groups is 1. The van der Waals surface area contributed by atoms with Gasteiger partial charge in [-0.2, -0.15) is 0 Å². The van der Waals surface area contributed by atoms with Crippen molar-refractivity contribution < 1.29 is 23.9 Å². The molecule has 0 radical (unpaired) electrons. The number of likely N-dealkylation sites (tertiary alicyclic amines) is 1. The molecule has 198 valence electrons. The molecule has 0 N–H and O–H groups in total. The molecule has 0 aliphatic carbocycles. The van der Waals surface area contributed by atoms with Gasteiger partial charge in [0, 0.05) is 29.5 Å². The molecule has 0 aromatic heterocycles. The van der Waals surface area contributed by atoms with Gasteiger partial charge < -0.3 is 14.4 Å². The number of ketones is 2. The molecule has 0 bridgehead atoms. The number of para-hydroxylation sites is 1. The molecule has 0 spiro atoms. The summed E-state index contributed by atoms with van der Waals surface area (Å²) in [6.45, 7) is 5.71. The topological polar surface area (TPSA) is 72.9 Å². The molecule has 3 aromatic carbocycles. The second-order valence-electron chi connectivity index (χ2n) is 10.1. The molecule has 1 aliphatic rings. The maximum Gasteiger partial charge on any atom is 0.415 e. The number of ether oxygens (including phenoxy) is 2. The van der Waals surface area contributed by atoms with Gasteiger partial charge in [0.1, 0.15) is 11.5 Å². The number of hydrogen-bond acceptors (Lipinski definition) is 6. The molecule has 1 saturated heterocycles. The standard InChI is InChI=1S/C31H33NO5S/c1-21(33)31(2,3)37-26-14-10-22(11-15-26)18-24-19-32(30(35)36-25-8-6-5-7-9-25)20-28(24)29(34)23-12-16-27(38-4)17-13-23/h5-17,24,28H,18-20H2,1-4H3/t24-,28-/m1/s1. The first-order valence-corrected chi connectivity index (χ1v) is 13.9. The van der Waals surface area contributed by atoms with E-state index in [9.17, 15) is 14.4 Å². The molecule has 1 heterocycles. The zero-order chi connectivity index (χ0) is 27.3. The van der Waals surface area contributed by atoms with Gasteiger partial charge in [0.2, 0.25) is 0 Å². The van der Waals surface area contributed by atoms with E-state index in [1.807, 2.05) is 73.0 Å². The highest BCUT2D eigenvalue weighted by atomic mass is 32.2. The average Bonchev–Trinajstić information content (AvgIpc) is 3.33. The molecular weight excluding hydrogens is 498 g/mol. The van der Waals surface area contributed by atoms with Gasteiger partial charge in [0.15, 0.2) is 17.2 Å². The van der Waals surface area contributed by atoms with E-state index >= 15 is 0 Å². The summed E-state index contributed by atoms with van der Waals surface area (Å²) in [5.74, 6) is 0.621. The lowest BCUT2D eigenvalue weighted by molar-refractivity contribution is -0.129. The Balaban J connectivity index is 1.52. The lowest BCUT2D eigenvalue weighted by Gasteiger charge is -2.23. The highest BCUT2D eigenvalue weighted by molar-refractivity contribution is 7.98. The van der Waals surface area contributed by atoms with Crippen LogP contribution in [0.2, 0.25) is 0 Å². The fraction of sp³-hybridized carbons (Fsp3) is 0.323. The van der Waals surface area contributed by atoms with Gasteiger partial charge in [-0.05, 0) is 81.3 Å². The Hall–Kier alpha value is -3.58. The summed E-state index contributed by atoms with van der Waals surface area (Å²) in [4.78, 5) is 41.1. The minimum absolute atomic E-state index is 0.0285. The summed E-state index contributed by atoms with van der Waals surface area (Å²) in [5.41, 5.74) is 0.763. The lowest BCUT2D eigenvalue weighted by atomic mass is 9.84. The van der Waals surface area contributed by atoms with Crippen molar-refractivity contribution in [2.24, 2.45) is 11.8 Å². The summed E-state index contributed by atoms with van der Waals surface area (Å²) in [5, 5.41) is 0. The minimum atomic E-state index is -0.907. The molecule has 3 aromatic rings. The van der Waals surface area contributed by atoms with Crippen molar-refractivity contribution in [1.82, 2.24) is 4.90 Å². The van der Waals surface area contributed by atoms with Gasteiger partial charge in [0.05, 0.1) is 0 Å². The Labute approximate surface area is 228 Å². The third kappa shape index (κ3) is 6.64. The van der Waals surface area contributed by atoms with Crippen LogP contribution in [0.1, 0.15) is 36.7 Å². The van der Waals surface area contributed by atoms with Crippen LogP contribution in [0.4, 0.5) is 4.79 Å².